The molecule has 0 bridgehead atoms. The molecule has 0 aliphatic rings. The molecule has 3 rings (SSSR count). The minimum absolute atomic E-state index is 0.170. The summed E-state index contributed by atoms with van der Waals surface area (Å²) in [6.07, 6.45) is 0. The topological polar surface area (TPSA) is 78.0 Å². The molecule has 0 atom stereocenters. The lowest BCUT2D eigenvalue weighted by molar-refractivity contribution is 0.102. The van der Waals surface area contributed by atoms with Crippen LogP contribution >= 0.6 is 0 Å². The van der Waals surface area contributed by atoms with E-state index in [9.17, 15) is 9.90 Å². The fraction of sp³-hybridized carbons (Fsp3) is 0.0588. The van der Waals surface area contributed by atoms with Gasteiger partial charge in [0, 0.05) is 11.3 Å². The molecule has 0 fully saturated rings. The predicted octanol–water partition coefficient (Wildman–Crippen LogP) is 3.34. The molecule has 1 amide bonds. The average Bonchev–Trinajstić information content (AvgIpc) is 3.01. The SMILES string of the molecule is Cc1cccc(-c2cc(C(=O)Nc3ccccc3)[nH]n2)c1O. The van der Waals surface area contributed by atoms with Gasteiger partial charge in [0.2, 0.25) is 0 Å². The maximum absolute atomic E-state index is 12.2. The maximum atomic E-state index is 12.2. The summed E-state index contributed by atoms with van der Waals surface area (Å²) >= 11 is 0. The van der Waals surface area contributed by atoms with Crippen molar-refractivity contribution in [1.29, 1.82) is 0 Å². The second kappa shape index (κ2) is 5.73. The zero-order valence-electron chi connectivity index (χ0n) is 12.0. The number of phenols is 1. The second-order valence-electron chi connectivity index (χ2n) is 4.96. The van der Waals surface area contributed by atoms with Crippen LogP contribution in [-0.4, -0.2) is 21.2 Å². The van der Waals surface area contributed by atoms with Crippen molar-refractivity contribution >= 4 is 11.6 Å². The molecule has 0 saturated carbocycles. The lowest BCUT2D eigenvalue weighted by Gasteiger charge is -2.03. The van der Waals surface area contributed by atoms with E-state index in [2.05, 4.69) is 15.5 Å². The van der Waals surface area contributed by atoms with E-state index in [1.807, 2.05) is 49.4 Å². The van der Waals surface area contributed by atoms with Gasteiger partial charge in [-0.3, -0.25) is 9.89 Å². The molecule has 22 heavy (non-hydrogen) atoms. The molecule has 0 spiro atoms. The third-order valence-corrected chi connectivity index (χ3v) is 3.37. The number of para-hydroxylation sites is 2. The highest BCUT2D eigenvalue weighted by Gasteiger charge is 2.14. The third kappa shape index (κ3) is 2.69. The van der Waals surface area contributed by atoms with Crippen LogP contribution in [0.5, 0.6) is 5.75 Å². The quantitative estimate of drug-likeness (QED) is 0.693. The van der Waals surface area contributed by atoms with Gasteiger partial charge in [-0.05, 0) is 36.8 Å². The summed E-state index contributed by atoms with van der Waals surface area (Å²) in [5, 5.41) is 19.7. The highest BCUT2D eigenvalue weighted by atomic mass is 16.3. The number of nitrogens with zero attached hydrogens (tertiary/aromatic N) is 1. The summed E-state index contributed by atoms with van der Waals surface area (Å²) in [6, 6.07) is 16.2. The van der Waals surface area contributed by atoms with Crippen molar-refractivity contribution in [2.75, 3.05) is 5.32 Å². The van der Waals surface area contributed by atoms with E-state index in [1.54, 1.807) is 12.1 Å². The molecule has 1 heterocycles. The molecule has 0 aliphatic heterocycles. The first kappa shape index (κ1) is 13.9. The molecular formula is C17H15N3O2. The van der Waals surface area contributed by atoms with Crippen LogP contribution in [0.3, 0.4) is 0 Å². The highest BCUT2D eigenvalue weighted by molar-refractivity contribution is 6.03. The Labute approximate surface area is 127 Å². The Kier molecular flexibility index (Phi) is 3.62. The van der Waals surface area contributed by atoms with Crippen molar-refractivity contribution in [3.8, 4) is 17.0 Å². The summed E-state index contributed by atoms with van der Waals surface area (Å²) in [6.45, 7) is 1.81. The van der Waals surface area contributed by atoms with Crippen molar-refractivity contribution in [2.24, 2.45) is 0 Å². The molecule has 5 heteroatoms. The number of amides is 1. The van der Waals surface area contributed by atoms with E-state index in [0.29, 0.717) is 22.6 Å². The van der Waals surface area contributed by atoms with Gasteiger partial charge >= 0.3 is 0 Å². The highest BCUT2D eigenvalue weighted by Crippen LogP contribution is 2.30. The van der Waals surface area contributed by atoms with Crippen LogP contribution in [0.1, 0.15) is 16.1 Å². The van der Waals surface area contributed by atoms with Crippen LogP contribution in [0.4, 0.5) is 5.69 Å². The first-order valence-electron chi connectivity index (χ1n) is 6.86. The largest absolute Gasteiger partial charge is 0.507 e. The third-order valence-electron chi connectivity index (χ3n) is 3.37. The zero-order chi connectivity index (χ0) is 15.5. The van der Waals surface area contributed by atoms with Crippen molar-refractivity contribution in [1.82, 2.24) is 10.2 Å². The summed E-state index contributed by atoms with van der Waals surface area (Å²) in [7, 11) is 0. The number of aromatic amines is 1. The van der Waals surface area contributed by atoms with Gasteiger partial charge in [0.25, 0.3) is 5.91 Å². The van der Waals surface area contributed by atoms with E-state index in [4.69, 9.17) is 0 Å². The number of carbonyl (C=O) groups excluding carboxylic acids is 1. The number of benzene rings is 2. The van der Waals surface area contributed by atoms with Gasteiger partial charge in [0.1, 0.15) is 11.4 Å². The fourth-order valence-electron chi connectivity index (χ4n) is 2.16. The molecule has 5 nitrogen and oxygen atoms in total. The molecule has 0 aliphatic carbocycles. The minimum atomic E-state index is -0.280. The van der Waals surface area contributed by atoms with Crippen LogP contribution < -0.4 is 5.32 Å². The smallest absolute Gasteiger partial charge is 0.273 e. The molecule has 0 radical (unpaired) electrons. The lowest BCUT2D eigenvalue weighted by atomic mass is 10.1. The number of aromatic hydroxyl groups is 1. The van der Waals surface area contributed by atoms with E-state index < -0.39 is 0 Å². The number of aromatic nitrogens is 2. The number of hydrogen-bond donors (Lipinski definition) is 3. The molecule has 3 N–H and O–H groups in total. The van der Waals surface area contributed by atoms with E-state index >= 15 is 0 Å². The van der Waals surface area contributed by atoms with E-state index in [1.165, 1.54) is 0 Å². The Morgan fingerprint density at radius 1 is 1.14 bits per heavy atom. The number of anilines is 1. The van der Waals surface area contributed by atoms with Crippen LogP contribution in [0.25, 0.3) is 11.3 Å². The van der Waals surface area contributed by atoms with Crippen LogP contribution in [0.2, 0.25) is 0 Å². The van der Waals surface area contributed by atoms with Crippen LogP contribution in [-0.2, 0) is 0 Å². The van der Waals surface area contributed by atoms with Crippen molar-refractivity contribution in [2.45, 2.75) is 6.92 Å². The van der Waals surface area contributed by atoms with Crippen LogP contribution in [0.15, 0.2) is 54.6 Å². The number of aryl methyl sites for hydroxylation is 1. The normalized spacial score (nSPS) is 10.4. The molecule has 0 unspecified atom stereocenters. The Bertz CT molecular complexity index is 810. The number of nitrogens with one attached hydrogen (secondary N) is 2. The number of hydrogen-bond acceptors (Lipinski definition) is 3. The van der Waals surface area contributed by atoms with Crippen molar-refractivity contribution in [3.63, 3.8) is 0 Å². The standard InChI is InChI=1S/C17H15N3O2/c1-11-6-5-9-13(16(11)21)14-10-15(20-19-14)17(22)18-12-7-3-2-4-8-12/h2-10,21H,1H3,(H,18,22)(H,19,20). The van der Waals surface area contributed by atoms with E-state index in [-0.39, 0.29) is 11.7 Å². The first-order chi connectivity index (χ1) is 10.6. The first-order valence-corrected chi connectivity index (χ1v) is 6.86. The average molecular weight is 293 g/mol. The van der Waals surface area contributed by atoms with Gasteiger partial charge in [-0.1, -0.05) is 30.3 Å². The van der Waals surface area contributed by atoms with E-state index in [0.717, 1.165) is 5.56 Å². The van der Waals surface area contributed by atoms with Gasteiger partial charge in [0.15, 0.2) is 0 Å². The number of rotatable bonds is 3. The Hall–Kier alpha value is -3.08. The van der Waals surface area contributed by atoms with Crippen molar-refractivity contribution < 1.29 is 9.90 Å². The molecule has 110 valence electrons. The Morgan fingerprint density at radius 2 is 1.91 bits per heavy atom. The zero-order valence-corrected chi connectivity index (χ0v) is 12.0. The molecule has 3 aromatic rings. The summed E-state index contributed by atoms with van der Waals surface area (Å²) in [5.41, 5.74) is 2.92. The van der Waals surface area contributed by atoms with Crippen LogP contribution in [0, 0.1) is 6.92 Å². The van der Waals surface area contributed by atoms with Gasteiger partial charge in [0.05, 0.1) is 5.69 Å². The van der Waals surface area contributed by atoms with Gasteiger partial charge in [-0.25, -0.2) is 0 Å². The lowest BCUT2D eigenvalue weighted by Crippen LogP contribution is -2.12. The molecular weight excluding hydrogens is 278 g/mol. The maximum Gasteiger partial charge on any atom is 0.273 e. The Balaban J connectivity index is 1.85. The summed E-state index contributed by atoms with van der Waals surface area (Å²) < 4.78 is 0. The molecule has 0 saturated heterocycles. The summed E-state index contributed by atoms with van der Waals surface area (Å²) in [4.78, 5) is 12.2. The minimum Gasteiger partial charge on any atom is -0.507 e. The molecule has 2 aromatic carbocycles. The number of carbonyl (C=O) groups is 1. The summed E-state index contributed by atoms with van der Waals surface area (Å²) in [5.74, 6) is -0.110. The molecule has 1 aromatic heterocycles. The monoisotopic (exact) mass is 293 g/mol. The fourth-order valence-corrected chi connectivity index (χ4v) is 2.16. The second-order valence-corrected chi connectivity index (χ2v) is 4.96. The van der Waals surface area contributed by atoms with Gasteiger partial charge < -0.3 is 10.4 Å². The number of phenolic OH excluding ortho intramolecular Hbond substituents is 1. The number of H-pyrrole nitrogens is 1. The van der Waals surface area contributed by atoms with Crippen molar-refractivity contribution in [3.05, 3.63) is 65.9 Å². The Morgan fingerprint density at radius 3 is 2.68 bits per heavy atom. The van der Waals surface area contributed by atoms with Gasteiger partial charge in [-0.2, -0.15) is 5.10 Å². The predicted molar refractivity (Wildman–Crippen MR) is 84.8 cm³/mol. The van der Waals surface area contributed by atoms with Gasteiger partial charge in [-0.15, -0.1) is 0 Å².